The quantitative estimate of drug-likeness (QED) is 0.0367. The molecule has 0 spiro atoms. The topological polar surface area (TPSA) is 166 Å². The van der Waals surface area contributed by atoms with Crippen LogP contribution in [-0.2, 0) is 56.8 Å². The Kier molecular flexibility index (Phi) is 15.4. The van der Waals surface area contributed by atoms with Crippen LogP contribution in [0.15, 0.2) is 91.0 Å². The van der Waals surface area contributed by atoms with Gasteiger partial charge in [0.05, 0.1) is 69.2 Å². The zero-order chi connectivity index (χ0) is 50.7. The Hall–Kier alpha value is -5.82. The van der Waals surface area contributed by atoms with Crippen LogP contribution in [0, 0.1) is 6.92 Å². The first-order chi connectivity index (χ1) is 34.6. The number of methoxy groups -OCH3 is 2. The molecule has 0 bridgehead atoms. The summed E-state index contributed by atoms with van der Waals surface area (Å²) >= 11 is 4.94. The average molecular weight is 1020 g/mol. The van der Waals surface area contributed by atoms with Crippen LogP contribution in [0.25, 0.3) is 0 Å². The number of anilines is 4. The van der Waals surface area contributed by atoms with Gasteiger partial charge >= 0.3 is 0 Å². The van der Waals surface area contributed by atoms with Gasteiger partial charge in [-0.1, -0.05) is 36.4 Å². The zero-order valence-corrected chi connectivity index (χ0v) is 43.2. The molecule has 15 nitrogen and oxygen atoms in total. The number of ether oxygens (including phenoxy) is 6. The van der Waals surface area contributed by atoms with Crippen LogP contribution in [-0.4, -0.2) is 114 Å². The van der Waals surface area contributed by atoms with Crippen molar-refractivity contribution >= 4 is 57.3 Å². The van der Waals surface area contributed by atoms with Crippen LogP contribution in [0.2, 0.25) is 0 Å². The predicted molar refractivity (Wildman–Crippen MR) is 282 cm³/mol. The van der Waals surface area contributed by atoms with Gasteiger partial charge in [0, 0.05) is 59.7 Å². The molecule has 5 aromatic carbocycles. The van der Waals surface area contributed by atoms with E-state index in [-0.39, 0.29) is 41.4 Å². The third kappa shape index (κ3) is 11.5. The summed E-state index contributed by atoms with van der Waals surface area (Å²) in [5.74, 6) is 0.417. The number of nitrogens with zero attached hydrogens (tertiary/aromatic N) is 3. The zero-order valence-electron chi connectivity index (χ0n) is 41.5. The molecule has 382 valence electrons. The molecule has 4 aliphatic heterocycles. The van der Waals surface area contributed by atoms with E-state index in [1.165, 1.54) is 12.7 Å². The maximum absolute atomic E-state index is 14.4. The minimum Gasteiger partial charge on any atom is -0.493 e. The Bertz CT molecular complexity index is 2930. The Balaban J connectivity index is 1.00. The molecule has 9 rings (SSSR count). The number of rotatable bonds is 21. The number of amides is 2. The van der Waals surface area contributed by atoms with E-state index in [1.807, 2.05) is 72.5 Å². The predicted octanol–water partition coefficient (Wildman–Crippen LogP) is 8.13. The number of thiol groups is 1. The summed E-state index contributed by atoms with van der Waals surface area (Å²) in [4.78, 5) is 34.4. The number of carbonyl (C=O) groups is 2. The second-order valence-electron chi connectivity index (χ2n) is 19.6. The summed E-state index contributed by atoms with van der Waals surface area (Å²) in [6.07, 6.45) is 2.86. The Morgan fingerprint density at radius 1 is 0.750 bits per heavy atom. The van der Waals surface area contributed by atoms with Gasteiger partial charge in [-0.25, -0.2) is 0 Å². The van der Waals surface area contributed by atoms with Crippen molar-refractivity contribution in [2.45, 2.75) is 82.5 Å². The highest BCUT2D eigenvalue weighted by molar-refractivity contribution is 7.85. The molecule has 3 atom stereocenters. The highest BCUT2D eigenvalue weighted by atomic mass is 32.2. The van der Waals surface area contributed by atoms with Crippen molar-refractivity contribution in [3.05, 3.63) is 136 Å². The van der Waals surface area contributed by atoms with Gasteiger partial charge in [0.25, 0.3) is 21.9 Å². The van der Waals surface area contributed by atoms with Gasteiger partial charge in [0.15, 0.2) is 11.5 Å². The van der Waals surface area contributed by atoms with Crippen LogP contribution in [0.3, 0.4) is 0 Å². The lowest BCUT2D eigenvalue weighted by atomic mass is 9.98. The number of hydrogen-bond acceptors (Lipinski definition) is 13. The lowest BCUT2D eigenvalue weighted by Gasteiger charge is -2.32. The largest absolute Gasteiger partial charge is 0.493 e. The third-order valence-corrected chi connectivity index (χ3v) is 14.6. The van der Waals surface area contributed by atoms with Gasteiger partial charge in [0.2, 0.25) is 0 Å². The summed E-state index contributed by atoms with van der Waals surface area (Å²) in [5.41, 5.74) is 9.56. The minimum atomic E-state index is -4.45. The third-order valence-electron chi connectivity index (χ3n) is 13.7. The van der Waals surface area contributed by atoms with E-state index < -0.39 is 28.0 Å². The first-order valence-corrected chi connectivity index (χ1v) is 26.5. The van der Waals surface area contributed by atoms with E-state index in [1.54, 1.807) is 24.1 Å². The lowest BCUT2D eigenvalue weighted by Crippen LogP contribution is -2.48. The van der Waals surface area contributed by atoms with Crippen LogP contribution in [0.5, 0.6) is 17.2 Å². The van der Waals surface area contributed by atoms with Crippen molar-refractivity contribution in [1.82, 2.24) is 0 Å². The molecule has 1 unspecified atom stereocenters. The minimum absolute atomic E-state index is 0.0248. The van der Waals surface area contributed by atoms with E-state index in [0.717, 1.165) is 58.5 Å². The maximum Gasteiger partial charge on any atom is 0.266 e. The fraction of sp³-hybridized carbons (Fsp3) is 0.418. The van der Waals surface area contributed by atoms with Crippen LogP contribution < -0.4 is 34.2 Å². The molecule has 0 saturated carbocycles. The van der Waals surface area contributed by atoms with Gasteiger partial charge in [-0.2, -0.15) is 21.0 Å². The fourth-order valence-electron chi connectivity index (χ4n) is 10.5. The second kappa shape index (κ2) is 21.7. The smallest absolute Gasteiger partial charge is 0.266 e. The molecule has 72 heavy (non-hydrogen) atoms. The molecule has 0 aliphatic carbocycles. The number of para-hydroxylation sites is 2. The van der Waals surface area contributed by atoms with Crippen molar-refractivity contribution in [2.24, 2.45) is 0 Å². The van der Waals surface area contributed by atoms with E-state index >= 15 is 0 Å². The molecule has 4 heterocycles. The van der Waals surface area contributed by atoms with E-state index in [2.05, 4.69) is 42.3 Å². The van der Waals surface area contributed by atoms with E-state index in [0.29, 0.717) is 86.7 Å². The summed E-state index contributed by atoms with van der Waals surface area (Å²) in [5, 5.41) is 3.30. The van der Waals surface area contributed by atoms with Gasteiger partial charge in [-0.05, 0) is 128 Å². The van der Waals surface area contributed by atoms with Crippen LogP contribution >= 0.6 is 12.6 Å². The fourth-order valence-corrected chi connectivity index (χ4v) is 11.4. The number of aryl methyl sites for hydroxylation is 2. The van der Waals surface area contributed by atoms with Gasteiger partial charge in [-0.3, -0.25) is 14.1 Å². The SMILES string of the molecule is COCCOCCOCCN(CC(C)(C)S)c1cc(COc2cc3c(cc2C)C(=O)N2c4ccccc4C[C@H]2CC3)cc(COc2cc3c(cc2OC)C(=O)N2c4ccccc4C[C@H]2C(CS(=O)(=O)O)N3)c1. The molecular formula is C55H64N4O11S2. The van der Waals surface area contributed by atoms with E-state index in [9.17, 15) is 22.6 Å². The van der Waals surface area contributed by atoms with Crippen molar-refractivity contribution in [3.8, 4) is 17.2 Å². The number of benzene rings is 5. The number of fused-ring (bicyclic) bond motifs is 8. The summed E-state index contributed by atoms with van der Waals surface area (Å²) in [6.45, 7) is 9.84. The molecule has 0 aromatic heterocycles. The van der Waals surface area contributed by atoms with Gasteiger partial charge in [0.1, 0.15) is 19.0 Å². The molecule has 5 aromatic rings. The first kappa shape index (κ1) is 51.1. The molecule has 0 saturated heterocycles. The van der Waals surface area contributed by atoms with Gasteiger partial charge in [-0.15, -0.1) is 0 Å². The average Bonchev–Trinajstić information content (AvgIpc) is 3.86. The van der Waals surface area contributed by atoms with Crippen LogP contribution in [0.1, 0.15) is 74.4 Å². The molecule has 0 radical (unpaired) electrons. The molecule has 2 N–H and O–H groups in total. The van der Waals surface area contributed by atoms with Crippen molar-refractivity contribution in [2.75, 3.05) is 86.1 Å². The normalized spacial score (nSPS) is 18.0. The molecule has 2 amide bonds. The molecule has 0 fully saturated rings. The standard InChI is InChI=1S/C55H64N4O11S2/c1-35-22-43-38(14-15-41-26-39-10-6-8-12-47(39)58(41)53(43)60)28-50(35)69-31-36-23-37(25-42(24-36)57(34-55(2,3)71)16-17-67-20-21-68-19-18-65-4)32-70-52-30-45-44(29-51(52)66-5)54(61)59-48-13-9-7-11-40(48)27-49(59)46(56-45)33-72(62,63)64/h6-13,22-25,28-30,41,46,49,56,71H,14-21,26-27,31-34H2,1-5H3,(H,62,63,64)/t41-,46?,49+/m1/s1. The summed E-state index contributed by atoms with van der Waals surface area (Å²) in [6, 6.07) is 27.8. The molecule has 4 aliphatic rings. The van der Waals surface area contributed by atoms with E-state index in [4.69, 9.17) is 41.0 Å². The van der Waals surface area contributed by atoms with Gasteiger partial charge < -0.3 is 48.4 Å². The number of carbonyl (C=O) groups excluding carboxylic acids is 2. The Morgan fingerprint density at radius 3 is 2.07 bits per heavy atom. The summed E-state index contributed by atoms with van der Waals surface area (Å²) in [7, 11) is -1.31. The monoisotopic (exact) mass is 1020 g/mol. The number of nitrogens with one attached hydrogen (secondary N) is 1. The highest BCUT2D eigenvalue weighted by Gasteiger charge is 2.44. The second-order valence-corrected chi connectivity index (χ2v) is 22.3. The Labute approximate surface area is 427 Å². The van der Waals surface area contributed by atoms with Crippen LogP contribution in [0.4, 0.5) is 22.7 Å². The maximum atomic E-state index is 14.4. The number of hydrogen-bond donors (Lipinski definition) is 3. The highest BCUT2D eigenvalue weighted by Crippen LogP contribution is 2.43. The Morgan fingerprint density at radius 2 is 1.39 bits per heavy atom. The molecular weight excluding hydrogens is 957 g/mol. The summed E-state index contributed by atoms with van der Waals surface area (Å²) < 4.78 is 70.4. The lowest BCUT2D eigenvalue weighted by molar-refractivity contribution is 0.0264. The molecule has 17 heteroatoms. The van der Waals surface area contributed by atoms with Crippen molar-refractivity contribution in [3.63, 3.8) is 0 Å². The first-order valence-electron chi connectivity index (χ1n) is 24.5. The van der Waals surface area contributed by atoms with Crippen molar-refractivity contribution in [1.29, 1.82) is 0 Å². The van der Waals surface area contributed by atoms with Crippen molar-refractivity contribution < 1.29 is 51.0 Å².